The van der Waals surface area contributed by atoms with Crippen molar-refractivity contribution in [2.45, 2.75) is 13.0 Å². The van der Waals surface area contributed by atoms with E-state index in [0.717, 1.165) is 23.9 Å². The summed E-state index contributed by atoms with van der Waals surface area (Å²) in [6, 6.07) is 7.77. The highest BCUT2D eigenvalue weighted by molar-refractivity contribution is 9.11. The number of benzene rings is 1. The number of halogens is 3. The van der Waals surface area contributed by atoms with E-state index in [1.165, 1.54) is 4.88 Å². The minimum atomic E-state index is -0.600. The van der Waals surface area contributed by atoms with Crippen LogP contribution in [-0.4, -0.2) is 5.11 Å². The van der Waals surface area contributed by atoms with Crippen molar-refractivity contribution in [2.24, 2.45) is 0 Å². The van der Waals surface area contributed by atoms with Crippen LogP contribution in [-0.2, 0) is 0 Å². The van der Waals surface area contributed by atoms with E-state index in [1.54, 1.807) is 11.3 Å². The molecular formula is C12H9Br3OS. The van der Waals surface area contributed by atoms with Crippen molar-refractivity contribution in [3.8, 4) is 0 Å². The highest BCUT2D eigenvalue weighted by Crippen LogP contribution is 2.36. The van der Waals surface area contributed by atoms with Crippen LogP contribution in [0.5, 0.6) is 0 Å². The van der Waals surface area contributed by atoms with E-state index in [0.29, 0.717) is 0 Å². The summed E-state index contributed by atoms with van der Waals surface area (Å²) in [5, 5.41) is 10.4. The van der Waals surface area contributed by atoms with Gasteiger partial charge in [0.1, 0.15) is 6.10 Å². The van der Waals surface area contributed by atoms with Crippen molar-refractivity contribution in [2.75, 3.05) is 0 Å². The zero-order valence-electron chi connectivity index (χ0n) is 8.88. The van der Waals surface area contributed by atoms with Gasteiger partial charge in [0.05, 0.1) is 0 Å². The SMILES string of the molecule is Cc1sc(C(O)c2cc(Br)ccc2Br)cc1Br. The van der Waals surface area contributed by atoms with Gasteiger partial charge in [0, 0.05) is 28.7 Å². The molecule has 0 aliphatic rings. The lowest BCUT2D eigenvalue weighted by Gasteiger charge is -2.11. The van der Waals surface area contributed by atoms with Crippen LogP contribution in [0.15, 0.2) is 37.7 Å². The lowest BCUT2D eigenvalue weighted by Crippen LogP contribution is -1.98. The van der Waals surface area contributed by atoms with Gasteiger partial charge in [-0.2, -0.15) is 0 Å². The van der Waals surface area contributed by atoms with E-state index in [2.05, 4.69) is 47.8 Å². The molecule has 17 heavy (non-hydrogen) atoms. The molecule has 0 saturated heterocycles. The maximum absolute atomic E-state index is 10.4. The van der Waals surface area contributed by atoms with E-state index in [4.69, 9.17) is 0 Å². The quantitative estimate of drug-likeness (QED) is 0.660. The molecule has 0 fully saturated rings. The molecule has 0 radical (unpaired) electrons. The van der Waals surface area contributed by atoms with Crippen molar-refractivity contribution >= 4 is 59.1 Å². The Bertz CT molecular complexity index is 531. The molecule has 0 spiro atoms. The van der Waals surface area contributed by atoms with Crippen LogP contribution in [0.4, 0.5) is 0 Å². The van der Waals surface area contributed by atoms with Gasteiger partial charge in [-0.05, 0) is 47.1 Å². The Labute approximate surface area is 129 Å². The summed E-state index contributed by atoms with van der Waals surface area (Å²) in [5.41, 5.74) is 0.869. The summed E-state index contributed by atoms with van der Waals surface area (Å²) in [4.78, 5) is 2.11. The lowest BCUT2D eigenvalue weighted by atomic mass is 10.1. The normalized spacial score (nSPS) is 12.8. The van der Waals surface area contributed by atoms with Gasteiger partial charge >= 0.3 is 0 Å². The second-order valence-corrected chi connectivity index (χ2v) is 7.53. The molecule has 0 amide bonds. The van der Waals surface area contributed by atoms with Gasteiger partial charge in [0.15, 0.2) is 0 Å². The fourth-order valence-corrected chi connectivity index (χ4v) is 3.90. The van der Waals surface area contributed by atoms with Crippen LogP contribution >= 0.6 is 59.1 Å². The van der Waals surface area contributed by atoms with E-state index in [1.807, 2.05) is 31.2 Å². The first kappa shape index (κ1) is 13.7. The average molecular weight is 441 g/mol. The Kier molecular flexibility index (Phi) is 4.47. The average Bonchev–Trinajstić information content (AvgIpc) is 2.62. The standard InChI is InChI=1S/C12H9Br3OS/c1-6-10(15)5-11(17-6)12(16)8-4-7(13)2-3-9(8)14/h2-5,12,16H,1H3. The van der Waals surface area contributed by atoms with Crippen LogP contribution in [0.25, 0.3) is 0 Å². The molecule has 1 N–H and O–H groups in total. The highest BCUT2D eigenvalue weighted by atomic mass is 79.9. The van der Waals surface area contributed by atoms with Gasteiger partial charge < -0.3 is 5.11 Å². The first-order valence-corrected chi connectivity index (χ1v) is 8.07. The topological polar surface area (TPSA) is 20.2 Å². The molecule has 0 bridgehead atoms. The van der Waals surface area contributed by atoms with Crippen molar-refractivity contribution in [3.63, 3.8) is 0 Å². The van der Waals surface area contributed by atoms with Gasteiger partial charge in [-0.15, -0.1) is 11.3 Å². The van der Waals surface area contributed by atoms with Crippen LogP contribution in [0.2, 0.25) is 0 Å². The largest absolute Gasteiger partial charge is 0.383 e. The zero-order valence-corrected chi connectivity index (χ0v) is 14.5. The van der Waals surface area contributed by atoms with E-state index in [9.17, 15) is 5.11 Å². The summed E-state index contributed by atoms with van der Waals surface area (Å²) in [6.07, 6.45) is -0.600. The van der Waals surface area contributed by atoms with Crippen LogP contribution in [0, 0.1) is 6.92 Å². The monoisotopic (exact) mass is 438 g/mol. The van der Waals surface area contributed by atoms with Crippen molar-refractivity contribution < 1.29 is 5.11 Å². The number of aliphatic hydroxyl groups is 1. The van der Waals surface area contributed by atoms with Crippen LogP contribution in [0.3, 0.4) is 0 Å². The van der Waals surface area contributed by atoms with Crippen LogP contribution in [0.1, 0.15) is 21.4 Å². The highest BCUT2D eigenvalue weighted by Gasteiger charge is 2.17. The van der Waals surface area contributed by atoms with Gasteiger partial charge in [-0.25, -0.2) is 0 Å². The van der Waals surface area contributed by atoms with Gasteiger partial charge in [0.25, 0.3) is 0 Å². The molecule has 2 aromatic rings. The fraction of sp³-hybridized carbons (Fsp3) is 0.167. The maximum Gasteiger partial charge on any atom is 0.114 e. The molecule has 0 aliphatic heterocycles. The van der Waals surface area contributed by atoms with E-state index >= 15 is 0 Å². The predicted molar refractivity (Wildman–Crippen MR) is 82.7 cm³/mol. The molecule has 2 rings (SSSR count). The summed E-state index contributed by atoms with van der Waals surface area (Å²) in [6.45, 7) is 2.03. The van der Waals surface area contributed by atoms with Gasteiger partial charge in [0.2, 0.25) is 0 Å². The molecule has 5 heteroatoms. The minimum Gasteiger partial charge on any atom is -0.383 e. The maximum atomic E-state index is 10.4. The van der Waals surface area contributed by atoms with Crippen molar-refractivity contribution in [1.29, 1.82) is 0 Å². The predicted octanol–water partition coefficient (Wildman–Crippen LogP) is 5.43. The van der Waals surface area contributed by atoms with Gasteiger partial charge in [-0.1, -0.05) is 31.9 Å². The molecule has 1 aromatic carbocycles. The fourth-order valence-electron chi connectivity index (χ4n) is 1.49. The summed E-state index contributed by atoms with van der Waals surface area (Å²) in [7, 11) is 0. The number of aryl methyl sites for hydroxylation is 1. The number of rotatable bonds is 2. The van der Waals surface area contributed by atoms with Gasteiger partial charge in [-0.3, -0.25) is 0 Å². The third-order valence-corrected chi connectivity index (χ3v) is 5.80. The Morgan fingerprint density at radius 3 is 2.41 bits per heavy atom. The summed E-state index contributed by atoms with van der Waals surface area (Å²) in [5.74, 6) is 0. The third-order valence-electron chi connectivity index (χ3n) is 2.40. The first-order chi connectivity index (χ1) is 7.99. The van der Waals surface area contributed by atoms with Crippen molar-refractivity contribution in [1.82, 2.24) is 0 Å². The number of thiophene rings is 1. The summed E-state index contributed by atoms with van der Waals surface area (Å²) >= 11 is 12.0. The van der Waals surface area contributed by atoms with E-state index < -0.39 is 6.10 Å². The molecular weight excluding hydrogens is 432 g/mol. The lowest BCUT2D eigenvalue weighted by molar-refractivity contribution is 0.223. The molecule has 1 atom stereocenters. The minimum absolute atomic E-state index is 0.600. The molecule has 1 nitrogen and oxygen atoms in total. The number of aliphatic hydroxyl groups excluding tert-OH is 1. The molecule has 0 aliphatic carbocycles. The molecule has 90 valence electrons. The Balaban J connectivity index is 2.42. The third kappa shape index (κ3) is 3.01. The summed E-state index contributed by atoms with van der Waals surface area (Å²) < 4.78 is 2.92. The Morgan fingerprint density at radius 1 is 1.12 bits per heavy atom. The smallest absolute Gasteiger partial charge is 0.114 e. The number of hydrogen-bond acceptors (Lipinski definition) is 2. The van der Waals surface area contributed by atoms with Crippen LogP contribution < -0.4 is 0 Å². The van der Waals surface area contributed by atoms with Crippen molar-refractivity contribution in [3.05, 3.63) is 53.0 Å². The second kappa shape index (κ2) is 5.53. The molecule has 1 heterocycles. The zero-order chi connectivity index (χ0) is 12.6. The Morgan fingerprint density at radius 2 is 1.82 bits per heavy atom. The molecule has 1 aromatic heterocycles. The van der Waals surface area contributed by atoms with E-state index in [-0.39, 0.29) is 0 Å². The second-order valence-electron chi connectivity index (χ2n) is 3.62. The molecule has 1 unspecified atom stereocenters. The first-order valence-electron chi connectivity index (χ1n) is 4.88. The number of hydrogen-bond donors (Lipinski definition) is 1. The Hall–Kier alpha value is 0.320. The molecule has 0 saturated carbocycles.